The molecule has 0 saturated heterocycles. The fourth-order valence-corrected chi connectivity index (χ4v) is 2.12. The van der Waals surface area contributed by atoms with E-state index >= 15 is 0 Å². The van der Waals surface area contributed by atoms with Gasteiger partial charge in [-0.1, -0.05) is 0 Å². The maximum Gasteiger partial charge on any atom is 0.255 e. The molecule has 0 fully saturated rings. The van der Waals surface area contributed by atoms with Crippen molar-refractivity contribution >= 4 is 17.0 Å². The summed E-state index contributed by atoms with van der Waals surface area (Å²) in [6.45, 7) is 5.75. The average Bonchev–Trinajstić information content (AvgIpc) is 2.32. The molecule has 18 heavy (non-hydrogen) atoms. The molecule has 0 unspecified atom stereocenters. The number of pyridine rings is 1. The molecule has 2 heterocycles. The van der Waals surface area contributed by atoms with Gasteiger partial charge in [-0.25, -0.2) is 4.98 Å². The Labute approximate surface area is 106 Å². The monoisotopic (exact) mass is 246 g/mol. The molecule has 0 spiro atoms. The molecule has 0 aromatic carbocycles. The molecule has 0 amide bonds. The summed E-state index contributed by atoms with van der Waals surface area (Å²) in [6.07, 6.45) is 0. The van der Waals surface area contributed by atoms with E-state index in [0.29, 0.717) is 11.6 Å². The number of anilines is 1. The first-order valence-corrected chi connectivity index (χ1v) is 5.86. The van der Waals surface area contributed by atoms with E-state index in [2.05, 4.69) is 9.97 Å². The van der Waals surface area contributed by atoms with E-state index in [0.717, 1.165) is 22.2 Å². The van der Waals surface area contributed by atoms with E-state index in [1.807, 2.05) is 39.8 Å². The van der Waals surface area contributed by atoms with Gasteiger partial charge in [0.15, 0.2) is 0 Å². The fourth-order valence-electron chi connectivity index (χ4n) is 2.12. The number of aryl methyl sites for hydroxylation is 3. The second-order valence-electron chi connectivity index (χ2n) is 4.82. The molecule has 0 aliphatic carbocycles. The summed E-state index contributed by atoms with van der Waals surface area (Å²) in [5.74, 6) is 0.623. The van der Waals surface area contributed by atoms with Crippen LogP contribution in [0.3, 0.4) is 0 Å². The van der Waals surface area contributed by atoms with E-state index in [4.69, 9.17) is 0 Å². The van der Waals surface area contributed by atoms with Crippen molar-refractivity contribution < 1.29 is 0 Å². The van der Waals surface area contributed by atoms with Crippen molar-refractivity contribution in [3.8, 4) is 0 Å². The molecule has 5 nitrogen and oxygen atoms in total. The van der Waals surface area contributed by atoms with Crippen LogP contribution in [0.25, 0.3) is 11.0 Å². The summed E-state index contributed by atoms with van der Waals surface area (Å²) < 4.78 is 1.60. The first-order chi connectivity index (χ1) is 8.34. The highest BCUT2D eigenvalue weighted by Crippen LogP contribution is 2.21. The molecule has 2 aromatic heterocycles. The number of rotatable bonds is 1. The van der Waals surface area contributed by atoms with Gasteiger partial charge in [0.2, 0.25) is 5.95 Å². The summed E-state index contributed by atoms with van der Waals surface area (Å²) in [5, 5.41) is 0.972. The Morgan fingerprint density at radius 2 is 1.67 bits per heavy atom. The smallest absolute Gasteiger partial charge is 0.255 e. The fraction of sp³-hybridized carbons (Fsp3) is 0.462. The number of aromatic nitrogens is 3. The zero-order chi connectivity index (χ0) is 13.6. The van der Waals surface area contributed by atoms with Crippen molar-refractivity contribution in [2.75, 3.05) is 19.0 Å². The Bertz CT molecular complexity index is 686. The summed E-state index contributed by atoms with van der Waals surface area (Å²) in [7, 11) is 5.53. The summed E-state index contributed by atoms with van der Waals surface area (Å²) in [4.78, 5) is 22.9. The molecule has 0 atom stereocenters. The zero-order valence-electron chi connectivity index (χ0n) is 11.7. The molecule has 0 radical (unpaired) electrons. The molecule has 0 saturated carbocycles. The van der Waals surface area contributed by atoms with Crippen LogP contribution in [0.2, 0.25) is 0 Å². The lowest BCUT2D eigenvalue weighted by Crippen LogP contribution is -2.23. The SMILES string of the molecule is Cc1c(C)c2c(C)nc(N(C)C)nc2n(C)c1=O. The van der Waals surface area contributed by atoms with Crippen LogP contribution in [0, 0.1) is 20.8 Å². The van der Waals surface area contributed by atoms with Gasteiger partial charge in [-0.05, 0) is 26.3 Å². The lowest BCUT2D eigenvalue weighted by molar-refractivity contribution is 0.858. The average molecular weight is 246 g/mol. The Morgan fingerprint density at radius 3 is 2.22 bits per heavy atom. The predicted molar refractivity (Wildman–Crippen MR) is 73.3 cm³/mol. The van der Waals surface area contributed by atoms with Gasteiger partial charge in [0.25, 0.3) is 5.56 Å². The van der Waals surface area contributed by atoms with Crippen molar-refractivity contribution in [1.82, 2.24) is 14.5 Å². The highest BCUT2D eigenvalue weighted by molar-refractivity contribution is 5.83. The Kier molecular flexibility index (Phi) is 2.84. The van der Waals surface area contributed by atoms with Crippen molar-refractivity contribution in [3.63, 3.8) is 0 Å². The third-order valence-electron chi connectivity index (χ3n) is 3.34. The molecule has 0 aliphatic heterocycles. The van der Waals surface area contributed by atoms with Gasteiger partial charge < -0.3 is 4.90 Å². The van der Waals surface area contributed by atoms with Gasteiger partial charge in [0, 0.05) is 32.1 Å². The van der Waals surface area contributed by atoms with Crippen LogP contribution in [0.5, 0.6) is 0 Å². The predicted octanol–water partition coefficient (Wildman–Crippen LogP) is 1.32. The van der Waals surface area contributed by atoms with Crippen LogP contribution in [-0.2, 0) is 7.05 Å². The molecular weight excluding hydrogens is 228 g/mol. The molecular formula is C13H18N4O. The van der Waals surface area contributed by atoms with Gasteiger partial charge in [-0.2, -0.15) is 4.98 Å². The topological polar surface area (TPSA) is 51.0 Å². The molecule has 5 heteroatoms. The number of hydrogen-bond acceptors (Lipinski definition) is 4. The van der Waals surface area contributed by atoms with Gasteiger partial charge in [-0.3, -0.25) is 9.36 Å². The van der Waals surface area contributed by atoms with Crippen LogP contribution in [0.4, 0.5) is 5.95 Å². The van der Waals surface area contributed by atoms with Gasteiger partial charge in [0.1, 0.15) is 5.65 Å². The van der Waals surface area contributed by atoms with E-state index in [1.54, 1.807) is 11.6 Å². The molecule has 0 bridgehead atoms. The van der Waals surface area contributed by atoms with Crippen LogP contribution in [0.15, 0.2) is 4.79 Å². The van der Waals surface area contributed by atoms with Gasteiger partial charge in [0.05, 0.1) is 5.69 Å². The normalized spacial score (nSPS) is 11.0. The minimum atomic E-state index is 0.00260. The largest absolute Gasteiger partial charge is 0.347 e. The summed E-state index contributed by atoms with van der Waals surface area (Å²) in [5.41, 5.74) is 3.33. The summed E-state index contributed by atoms with van der Waals surface area (Å²) in [6, 6.07) is 0. The molecule has 0 aliphatic rings. The van der Waals surface area contributed by atoms with E-state index < -0.39 is 0 Å². The van der Waals surface area contributed by atoms with E-state index in [1.165, 1.54) is 0 Å². The quantitative estimate of drug-likeness (QED) is 0.761. The summed E-state index contributed by atoms with van der Waals surface area (Å²) >= 11 is 0. The third-order valence-corrected chi connectivity index (χ3v) is 3.34. The van der Waals surface area contributed by atoms with Gasteiger partial charge in [-0.15, -0.1) is 0 Å². The lowest BCUT2D eigenvalue weighted by atomic mass is 10.1. The van der Waals surface area contributed by atoms with Crippen molar-refractivity contribution in [3.05, 3.63) is 27.2 Å². The third kappa shape index (κ3) is 1.66. The van der Waals surface area contributed by atoms with Crippen LogP contribution < -0.4 is 10.5 Å². The molecule has 2 rings (SSSR count). The van der Waals surface area contributed by atoms with E-state index in [9.17, 15) is 4.79 Å². The first kappa shape index (κ1) is 12.5. The van der Waals surface area contributed by atoms with Crippen LogP contribution in [0.1, 0.15) is 16.8 Å². The number of hydrogen-bond donors (Lipinski definition) is 0. The van der Waals surface area contributed by atoms with Crippen molar-refractivity contribution in [2.45, 2.75) is 20.8 Å². The second kappa shape index (κ2) is 4.08. The lowest BCUT2D eigenvalue weighted by Gasteiger charge is -2.16. The zero-order valence-corrected chi connectivity index (χ0v) is 11.7. The minimum absolute atomic E-state index is 0.00260. The molecule has 2 aromatic rings. The van der Waals surface area contributed by atoms with Crippen LogP contribution in [-0.4, -0.2) is 28.6 Å². The Balaban J connectivity index is 3.02. The molecule has 0 N–H and O–H groups in total. The van der Waals surface area contributed by atoms with Crippen molar-refractivity contribution in [1.29, 1.82) is 0 Å². The maximum absolute atomic E-state index is 12.1. The standard InChI is InChI=1S/C13H18N4O/c1-7-8(2)12(18)17(6)11-10(7)9(3)14-13(15-11)16(4)5/h1-6H3. The van der Waals surface area contributed by atoms with Gasteiger partial charge >= 0.3 is 0 Å². The molecule has 96 valence electrons. The van der Waals surface area contributed by atoms with E-state index in [-0.39, 0.29) is 5.56 Å². The number of fused-ring (bicyclic) bond motifs is 1. The highest BCUT2D eigenvalue weighted by Gasteiger charge is 2.14. The Hall–Kier alpha value is -1.91. The van der Waals surface area contributed by atoms with Crippen LogP contribution >= 0.6 is 0 Å². The minimum Gasteiger partial charge on any atom is -0.347 e. The second-order valence-corrected chi connectivity index (χ2v) is 4.82. The highest BCUT2D eigenvalue weighted by atomic mass is 16.1. The number of nitrogens with zero attached hydrogens (tertiary/aromatic N) is 4. The Morgan fingerprint density at radius 1 is 1.06 bits per heavy atom. The van der Waals surface area contributed by atoms with Crippen molar-refractivity contribution in [2.24, 2.45) is 7.05 Å². The first-order valence-electron chi connectivity index (χ1n) is 5.86. The maximum atomic E-state index is 12.1.